The highest BCUT2D eigenvalue weighted by molar-refractivity contribution is 5.00. The van der Waals surface area contributed by atoms with Gasteiger partial charge in [0.25, 0.3) is 0 Å². The topological polar surface area (TPSA) is 0 Å². The summed E-state index contributed by atoms with van der Waals surface area (Å²) in [6.45, 7) is 5.81. The quantitative estimate of drug-likeness (QED) is 0.306. The van der Waals surface area contributed by atoms with Gasteiger partial charge in [-0.05, 0) is 12.8 Å². The molecular formula is C11H18. The van der Waals surface area contributed by atoms with Crippen molar-refractivity contribution >= 4 is 0 Å². The Balaban J connectivity index is 3.15. The van der Waals surface area contributed by atoms with E-state index in [1.165, 1.54) is 19.3 Å². The van der Waals surface area contributed by atoms with Crippen molar-refractivity contribution < 1.29 is 0 Å². The standard InChI is InChI=1S/C11H18/c1-3-5-7-9-11-10-8-6-4-2/h3,5,7,10-11H,1,4,6,8-9H2,2H3/b7-5+,11-10+. The Kier molecular flexibility index (Phi) is 8.57. The summed E-state index contributed by atoms with van der Waals surface area (Å²) in [5, 5.41) is 0. The van der Waals surface area contributed by atoms with E-state index in [-0.39, 0.29) is 0 Å². The molecule has 0 rings (SSSR count). The average Bonchev–Trinajstić information content (AvgIpc) is 2.03. The van der Waals surface area contributed by atoms with E-state index in [1.807, 2.05) is 6.08 Å². The average molecular weight is 150 g/mol. The van der Waals surface area contributed by atoms with Crippen LogP contribution in [0.25, 0.3) is 0 Å². The molecule has 0 N–H and O–H groups in total. The van der Waals surface area contributed by atoms with Crippen LogP contribution in [0.2, 0.25) is 0 Å². The zero-order valence-corrected chi connectivity index (χ0v) is 7.42. The van der Waals surface area contributed by atoms with E-state index >= 15 is 0 Å². The predicted molar refractivity (Wildman–Crippen MR) is 52.6 cm³/mol. The number of hydrogen-bond donors (Lipinski definition) is 0. The molecule has 62 valence electrons. The van der Waals surface area contributed by atoms with Gasteiger partial charge >= 0.3 is 0 Å². The van der Waals surface area contributed by atoms with Gasteiger partial charge in [0, 0.05) is 0 Å². The molecule has 0 amide bonds. The van der Waals surface area contributed by atoms with Crippen molar-refractivity contribution in [1.29, 1.82) is 0 Å². The van der Waals surface area contributed by atoms with E-state index in [2.05, 4.69) is 31.7 Å². The minimum absolute atomic E-state index is 1.04. The highest BCUT2D eigenvalue weighted by Gasteiger charge is 1.75. The van der Waals surface area contributed by atoms with E-state index in [9.17, 15) is 0 Å². The molecule has 0 aromatic heterocycles. The van der Waals surface area contributed by atoms with E-state index < -0.39 is 0 Å². The molecule has 0 nitrogen and oxygen atoms in total. The van der Waals surface area contributed by atoms with Crippen LogP contribution >= 0.6 is 0 Å². The van der Waals surface area contributed by atoms with Gasteiger partial charge in [-0.15, -0.1) is 0 Å². The van der Waals surface area contributed by atoms with Crippen LogP contribution in [-0.2, 0) is 0 Å². The number of allylic oxidation sites excluding steroid dienone is 5. The molecule has 0 spiro atoms. The highest BCUT2D eigenvalue weighted by Crippen LogP contribution is 1.96. The van der Waals surface area contributed by atoms with Crippen molar-refractivity contribution in [3.8, 4) is 0 Å². The zero-order chi connectivity index (χ0) is 8.36. The van der Waals surface area contributed by atoms with Crippen LogP contribution in [0.4, 0.5) is 0 Å². The molecule has 11 heavy (non-hydrogen) atoms. The smallest absolute Gasteiger partial charge is 0.0166 e. The van der Waals surface area contributed by atoms with Gasteiger partial charge in [-0.3, -0.25) is 0 Å². The lowest BCUT2D eigenvalue weighted by Crippen LogP contribution is -1.66. The Hall–Kier alpha value is -0.780. The van der Waals surface area contributed by atoms with Gasteiger partial charge in [0.15, 0.2) is 0 Å². The van der Waals surface area contributed by atoms with Gasteiger partial charge in [0.05, 0.1) is 0 Å². The zero-order valence-electron chi connectivity index (χ0n) is 7.42. The van der Waals surface area contributed by atoms with E-state index in [4.69, 9.17) is 0 Å². The second-order valence-corrected chi connectivity index (χ2v) is 2.51. The fourth-order valence-corrected chi connectivity index (χ4v) is 0.789. The summed E-state index contributed by atoms with van der Waals surface area (Å²) in [5.74, 6) is 0. The van der Waals surface area contributed by atoms with Crippen molar-refractivity contribution in [3.63, 3.8) is 0 Å². The van der Waals surface area contributed by atoms with Gasteiger partial charge < -0.3 is 0 Å². The third-order valence-electron chi connectivity index (χ3n) is 1.44. The Labute approximate surface area is 70.3 Å². The lowest BCUT2D eigenvalue weighted by molar-refractivity contribution is 0.813. The maximum absolute atomic E-state index is 3.60. The lowest BCUT2D eigenvalue weighted by atomic mass is 10.2. The predicted octanol–water partition coefficient (Wildman–Crippen LogP) is 3.87. The molecule has 0 saturated heterocycles. The molecule has 0 aliphatic heterocycles. The van der Waals surface area contributed by atoms with Crippen molar-refractivity contribution in [1.82, 2.24) is 0 Å². The van der Waals surface area contributed by atoms with Gasteiger partial charge in [0.1, 0.15) is 0 Å². The lowest BCUT2D eigenvalue weighted by Gasteiger charge is -1.86. The molecule has 0 saturated carbocycles. The number of unbranched alkanes of at least 4 members (excludes halogenated alkanes) is 2. The minimum Gasteiger partial charge on any atom is -0.0991 e. The molecule has 0 fully saturated rings. The second-order valence-electron chi connectivity index (χ2n) is 2.51. The summed E-state index contributed by atoms with van der Waals surface area (Å²) in [6.07, 6.45) is 15.2. The van der Waals surface area contributed by atoms with Crippen LogP contribution in [0, 0.1) is 0 Å². The van der Waals surface area contributed by atoms with Gasteiger partial charge in [0.2, 0.25) is 0 Å². The van der Waals surface area contributed by atoms with Gasteiger partial charge in [-0.1, -0.05) is 56.7 Å². The highest BCUT2D eigenvalue weighted by atomic mass is 13.8. The summed E-state index contributed by atoms with van der Waals surface area (Å²) in [5.41, 5.74) is 0. The van der Waals surface area contributed by atoms with Crippen LogP contribution in [0.3, 0.4) is 0 Å². The summed E-state index contributed by atoms with van der Waals surface area (Å²) >= 11 is 0. The van der Waals surface area contributed by atoms with Crippen molar-refractivity contribution in [2.45, 2.75) is 32.6 Å². The third kappa shape index (κ3) is 9.22. The summed E-state index contributed by atoms with van der Waals surface area (Å²) < 4.78 is 0. The molecule has 0 heteroatoms. The molecule has 0 bridgehead atoms. The fourth-order valence-electron chi connectivity index (χ4n) is 0.789. The first-order valence-corrected chi connectivity index (χ1v) is 4.34. The molecule has 0 aliphatic rings. The first-order valence-electron chi connectivity index (χ1n) is 4.34. The summed E-state index contributed by atoms with van der Waals surface area (Å²) in [7, 11) is 0. The monoisotopic (exact) mass is 150 g/mol. The molecule has 0 aromatic rings. The first kappa shape index (κ1) is 10.2. The van der Waals surface area contributed by atoms with Crippen molar-refractivity contribution in [3.05, 3.63) is 37.0 Å². The van der Waals surface area contributed by atoms with E-state index in [0.29, 0.717) is 0 Å². The van der Waals surface area contributed by atoms with Gasteiger partial charge in [-0.25, -0.2) is 0 Å². The molecule has 0 unspecified atom stereocenters. The largest absolute Gasteiger partial charge is 0.0991 e. The normalized spacial score (nSPS) is 11.4. The second kappa shape index (κ2) is 9.22. The SMILES string of the molecule is C=C/C=C/C/C=C/CCCC. The van der Waals surface area contributed by atoms with Crippen LogP contribution in [-0.4, -0.2) is 0 Å². The first-order chi connectivity index (χ1) is 5.41. The van der Waals surface area contributed by atoms with E-state index in [0.717, 1.165) is 6.42 Å². The molecular weight excluding hydrogens is 132 g/mol. The maximum Gasteiger partial charge on any atom is -0.0166 e. The van der Waals surface area contributed by atoms with Crippen LogP contribution in [0.5, 0.6) is 0 Å². The number of hydrogen-bond acceptors (Lipinski definition) is 0. The van der Waals surface area contributed by atoms with Crippen LogP contribution < -0.4 is 0 Å². The molecule has 0 atom stereocenters. The Bertz CT molecular complexity index is 129. The molecule has 0 aromatic carbocycles. The number of rotatable bonds is 6. The summed E-state index contributed by atoms with van der Waals surface area (Å²) in [6, 6.07) is 0. The molecule has 0 aliphatic carbocycles. The Morgan fingerprint density at radius 1 is 1.18 bits per heavy atom. The summed E-state index contributed by atoms with van der Waals surface area (Å²) in [4.78, 5) is 0. The maximum atomic E-state index is 3.60. The molecule has 0 radical (unpaired) electrons. The molecule has 0 heterocycles. The Morgan fingerprint density at radius 3 is 2.64 bits per heavy atom. The van der Waals surface area contributed by atoms with Crippen LogP contribution in [0.15, 0.2) is 37.0 Å². The Morgan fingerprint density at radius 2 is 2.00 bits per heavy atom. The minimum atomic E-state index is 1.04. The van der Waals surface area contributed by atoms with Crippen LogP contribution in [0.1, 0.15) is 32.6 Å². The fraction of sp³-hybridized carbons (Fsp3) is 0.455. The third-order valence-corrected chi connectivity index (χ3v) is 1.44. The van der Waals surface area contributed by atoms with E-state index in [1.54, 1.807) is 6.08 Å². The van der Waals surface area contributed by atoms with Crippen molar-refractivity contribution in [2.75, 3.05) is 0 Å². The van der Waals surface area contributed by atoms with Gasteiger partial charge in [-0.2, -0.15) is 0 Å². The van der Waals surface area contributed by atoms with Crippen molar-refractivity contribution in [2.24, 2.45) is 0 Å².